The fraction of sp³-hybridized carbons (Fsp3) is 0.714. The van der Waals surface area contributed by atoms with Crippen molar-refractivity contribution in [1.29, 1.82) is 0 Å². The molecule has 0 saturated heterocycles. The zero-order chi connectivity index (χ0) is 14.4. The van der Waals surface area contributed by atoms with Crippen molar-refractivity contribution in [3.63, 3.8) is 0 Å². The molecule has 0 fully saturated rings. The summed E-state index contributed by atoms with van der Waals surface area (Å²) in [5, 5.41) is 16.5. The molecule has 1 aromatic heterocycles. The van der Waals surface area contributed by atoms with E-state index < -0.39 is 6.10 Å². The molecule has 1 unspecified atom stereocenters. The van der Waals surface area contributed by atoms with E-state index in [-0.39, 0.29) is 18.2 Å². The summed E-state index contributed by atoms with van der Waals surface area (Å²) in [4.78, 5) is 11.8. The molecule has 0 saturated carbocycles. The summed E-state index contributed by atoms with van der Waals surface area (Å²) in [6, 6.07) is 0. The van der Waals surface area contributed by atoms with Crippen LogP contribution in [0.25, 0.3) is 0 Å². The number of aliphatic hydroxyl groups is 1. The highest BCUT2D eigenvalue weighted by Gasteiger charge is 2.18. The number of carbonyl (C=O) groups excluding carboxylic acids is 1. The Kier molecular flexibility index (Phi) is 6.02. The van der Waals surface area contributed by atoms with Gasteiger partial charge in [-0.05, 0) is 19.8 Å². The second-order valence-electron chi connectivity index (χ2n) is 4.93. The number of aliphatic hydroxyl groups excluding tert-OH is 1. The van der Waals surface area contributed by atoms with Gasteiger partial charge in [-0.2, -0.15) is 0 Å². The molecule has 1 atom stereocenters. The van der Waals surface area contributed by atoms with Crippen LogP contribution in [0.15, 0.2) is 4.52 Å². The minimum absolute atomic E-state index is 0.112. The highest BCUT2D eigenvalue weighted by molar-refractivity contribution is 5.79. The number of nitrogens with zero attached hydrogens (tertiary/aromatic N) is 1. The summed E-state index contributed by atoms with van der Waals surface area (Å²) in [7, 11) is 0. The second kappa shape index (κ2) is 7.28. The zero-order valence-electron chi connectivity index (χ0n) is 12.2. The van der Waals surface area contributed by atoms with Crippen LogP contribution < -0.4 is 5.32 Å². The lowest BCUT2D eigenvalue weighted by Crippen LogP contribution is -2.36. The Morgan fingerprint density at radius 2 is 2.00 bits per heavy atom. The summed E-state index contributed by atoms with van der Waals surface area (Å²) in [6.45, 7) is 8.00. The van der Waals surface area contributed by atoms with Crippen LogP contribution in [0.5, 0.6) is 0 Å². The maximum atomic E-state index is 11.8. The highest BCUT2D eigenvalue weighted by Crippen LogP contribution is 2.14. The lowest BCUT2D eigenvalue weighted by molar-refractivity contribution is -0.121. The van der Waals surface area contributed by atoms with Gasteiger partial charge in [0.1, 0.15) is 5.76 Å². The molecule has 1 aromatic rings. The van der Waals surface area contributed by atoms with E-state index in [4.69, 9.17) is 4.52 Å². The molecule has 0 aliphatic rings. The lowest BCUT2D eigenvalue weighted by Gasteiger charge is -2.20. The van der Waals surface area contributed by atoms with Gasteiger partial charge < -0.3 is 14.9 Å². The van der Waals surface area contributed by atoms with Crippen molar-refractivity contribution >= 4 is 5.91 Å². The molecule has 108 valence electrons. The number of nitrogens with one attached hydrogen (secondary N) is 1. The smallest absolute Gasteiger partial charge is 0.224 e. The third-order valence-electron chi connectivity index (χ3n) is 3.62. The van der Waals surface area contributed by atoms with E-state index in [1.165, 1.54) is 0 Å². The average molecular weight is 268 g/mol. The molecule has 0 aromatic carbocycles. The fourth-order valence-electron chi connectivity index (χ4n) is 2.20. The Morgan fingerprint density at radius 3 is 2.47 bits per heavy atom. The van der Waals surface area contributed by atoms with Crippen molar-refractivity contribution < 1.29 is 14.4 Å². The van der Waals surface area contributed by atoms with Crippen molar-refractivity contribution in [2.24, 2.45) is 5.92 Å². The Morgan fingerprint density at radius 1 is 1.37 bits per heavy atom. The molecule has 0 bridgehead atoms. The van der Waals surface area contributed by atoms with Crippen LogP contribution in [-0.2, 0) is 11.2 Å². The first-order valence-electron chi connectivity index (χ1n) is 6.86. The Labute approximate surface area is 114 Å². The van der Waals surface area contributed by atoms with E-state index in [2.05, 4.69) is 10.5 Å². The number of amides is 1. The van der Waals surface area contributed by atoms with Crippen molar-refractivity contribution in [3.05, 3.63) is 17.0 Å². The van der Waals surface area contributed by atoms with E-state index in [9.17, 15) is 9.90 Å². The molecule has 1 rings (SSSR count). The summed E-state index contributed by atoms with van der Waals surface area (Å²) in [6.07, 6.45) is 1.59. The highest BCUT2D eigenvalue weighted by atomic mass is 16.5. The van der Waals surface area contributed by atoms with Crippen LogP contribution in [0.3, 0.4) is 0 Å². The van der Waals surface area contributed by atoms with E-state index in [1.54, 1.807) is 6.92 Å². The molecule has 5 heteroatoms. The van der Waals surface area contributed by atoms with Gasteiger partial charge in [0.25, 0.3) is 0 Å². The van der Waals surface area contributed by atoms with Gasteiger partial charge in [0.05, 0.1) is 18.2 Å². The molecule has 0 spiro atoms. The lowest BCUT2D eigenvalue weighted by atomic mass is 9.96. The molecule has 19 heavy (non-hydrogen) atoms. The molecular weight excluding hydrogens is 244 g/mol. The van der Waals surface area contributed by atoms with Gasteiger partial charge in [0.15, 0.2) is 0 Å². The number of aromatic nitrogens is 1. The average Bonchev–Trinajstić information content (AvgIpc) is 2.69. The first-order chi connectivity index (χ1) is 8.99. The standard InChI is InChI=1S/C14H24N2O3/c1-5-11(6-2)13(17)8-15-14(18)7-12-9(3)16-19-10(12)4/h11,13,17H,5-8H2,1-4H3,(H,15,18). The number of hydrogen-bond donors (Lipinski definition) is 2. The van der Waals surface area contributed by atoms with Crippen molar-refractivity contribution in [2.75, 3.05) is 6.54 Å². The van der Waals surface area contributed by atoms with Crippen LogP contribution in [0.2, 0.25) is 0 Å². The van der Waals surface area contributed by atoms with Gasteiger partial charge in [0, 0.05) is 12.1 Å². The topological polar surface area (TPSA) is 75.4 Å². The van der Waals surface area contributed by atoms with Crippen LogP contribution >= 0.6 is 0 Å². The Balaban J connectivity index is 2.44. The second-order valence-corrected chi connectivity index (χ2v) is 4.93. The van der Waals surface area contributed by atoms with Crippen molar-refractivity contribution in [1.82, 2.24) is 10.5 Å². The van der Waals surface area contributed by atoms with Crippen LogP contribution in [0.4, 0.5) is 0 Å². The van der Waals surface area contributed by atoms with E-state index in [1.807, 2.05) is 20.8 Å². The van der Waals surface area contributed by atoms with E-state index in [0.29, 0.717) is 12.3 Å². The number of hydrogen-bond acceptors (Lipinski definition) is 4. The van der Waals surface area contributed by atoms with E-state index >= 15 is 0 Å². The van der Waals surface area contributed by atoms with Crippen LogP contribution in [0, 0.1) is 19.8 Å². The normalized spacial score (nSPS) is 12.7. The fourth-order valence-corrected chi connectivity index (χ4v) is 2.20. The van der Waals surface area contributed by atoms with Crippen molar-refractivity contribution in [2.45, 2.75) is 53.1 Å². The molecule has 2 N–H and O–H groups in total. The molecule has 5 nitrogen and oxygen atoms in total. The van der Waals surface area contributed by atoms with Gasteiger partial charge in [-0.3, -0.25) is 4.79 Å². The van der Waals surface area contributed by atoms with Crippen LogP contribution in [-0.4, -0.2) is 28.8 Å². The van der Waals surface area contributed by atoms with Gasteiger partial charge in [-0.25, -0.2) is 0 Å². The quantitative estimate of drug-likeness (QED) is 0.790. The summed E-state index contributed by atoms with van der Waals surface area (Å²) < 4.78 is 5.02. The molecule has 1 heterocycles. The van der Waals surface area contributed by atoms with Gasteiger partial charge in [-0.1, -0.05) is 31.8 Å². The Bertz CT molecular complexity index is 391. The molecule has 1 amide bonds. The van der Waals surface area contributed by atoms with Gasteiger partial charge in [0.2, 0.25) is 5.91 Å². The molecule has 0 aliphatic heterocycles. The number of rotatable bonds is 7. The predicted octanol–water partition coefficient (Wildman–Crippen LogP) is 1.75. The SMILES string of the molecule is CCC(CC)C(O)CNC(=O)Cc1c(C)noc1C. The monoisotopic (exact) mass is 268 g/mol. The summed E-state index contributed by atoms with van der Waals surface area (Å²) in [5.74, 6) is 0.798. The van der Waals surface area contributed by atoms with Gasteiger partial charge in [-0.15, -0.1) is 0 Å². The first-order valence-corrected chi connectivity index (χ1v) is 6.86. The maximum absolute atomic E-state index is 11.8. The first kappa shape index (κ1) is 15.7. The maximum Gasteiger partial charge on any atom is 0.224 e. The molecular formula is C14H24N2O3. The van der Waals surface area contributed by atoms with Crippen molar-refractivity contribution in [3.8, 4) is 0 Å². The largest absolute Gasteiger partial charge is 0.391 e. The molecule has 0 aliphatic carbocycles. The summed E-state index contributed by atoms with van der Waals surface area (Å²) in [5.41, 5.74) is 1.57. The summed E-state index contributed by atoms with van der Waals surface area (Å²) >= 11 is 0. The third kappa shape index (κ3) is 4.35. The molecule has 0 radical (unpaired) electrons. The number of aryl methyl sites for hydroxylation is 2. The Hall–Kier alpha value is -1.36. The van der Waals surface area contributed by atoms with E-state index in [0.717, 1.165) is 24.1 Å². The predicted molar refractivity (Wildman–Crippen MR) is 72.8 cm³/mol. The number of carbonyl (C=O) groups is 1. The minimum Gasteiger partial charge on any atom is -0.391 e. The third-order valence-corrected chi connectivity index (χ3v) is 3.62. The zero-order valence-corrected chi connectivity index (χ0v) is 12.2. The van der Waals surface area contributed by atoms with Gasteiger partial charge >= 0.3 is 0 Å². The van der Waals surface area contributed by atoms with Crippen LogP contribution in [0.1, 0.15) is 43.7 Å². The minimum atomic E-state index is -0.483.